The topological polar surface area (TPSA) is 38.3 Å². The van der Waals surface area contributed by atoms with Crippen molar-refractivity contribution in [2.24, 2.45) is 0 Å². The first-order valence-electron chi connectivity index (χ1n) is 4.78. The Morgan fingerprint density at radius 2 is 2.00 bits per heavy atom. The van der Waals surface area contributed by atoms with E-state index in [2.05, 4.69) is 10.1 Å². The van der Waals surface area contributed by atoms with Gasteiger partial charge in [-0.15, -0.1) is 12.4 Å². The fourth-order valence-corrected chi connectivity index (χ4v) is 1.81. The van der Waals surface area contributed by atoms with Crippen LogP contribution in [0.25, 0.3) is 0 Å². The summed E-state index contributed by atoms with van der Waals surface area (Å²) in [4.78, 5) is 10.8. The Labute approximate surface area is 116 Å². The number of amides is 1. The summed E-state index contributed by atoms with van der Waals surface area (Å²) in [5, 5.41) is 1.54. The van der Waals surface area contributed by atoms with Gasteiger partial charge in [-0.05, 0) is 12.1 Å². The summed E-state index contributed by atoms with van der Waals surface area (Å²) in [6.07, 6.45) is -5.46. The highest BCUT2D eigenvalue weighted by Gasteiger charge is 2.35. The molecule has 0 saturated carbocycles. The molecule has 9 heteroatoms. The molecule has 0 aromatic heterocycles. The van der Waals surface area contributed by atoms with Gasteiger partial charge in [-0.2, -0.15) is 13.2 Å². The van der Waals surface area contributed by atoms with Gasteiger partial charge in [0.05, 0.1) is 16.6 Å². The van der Waals surface area contributed by atoms with Crippen molar-refractivity contribution in [3.8, 4) is 0 Å². The minimum absolute atomic E-state index is 0. The molecule has 2 rings (SSSR count). The van der Waals surface area contributed by atoms with Gasteiger partial charge >= 0.3 is 12.3 Å². The van der Waals surface area contributed by atoms with Crippen LogP contribution in [-0.4, -0.2) is 12.7 Å². The van der Waals surface area contributed by atoms with Crippen LogP contribution in [-0.2, 0) is 10.9 Å². The summed E-state index contributed by atoms with van der Waals surface area (Å²) in [5.41, 5.74) is -1.43. The van der Waals surface area contributed by atoms with E-state index >= 15 is 0 Å². The smallest absolute Gasteiger partial charge is 0.416 e. The second-order valence-electron chi connectivity index (χ2n) is 3.65. The first kappa shape index (κ1) is 15.8. The van der Waals surface area contributed by atoms with Crippen LogP contribution in [0, 0.1) is 5.82 Å². The van der Waals surface area contributed by atoms with Crippen LogP contribution in [0.15, 0.2) is 12.1 Å². The number of alkyl halides is 3. The number of rotatable bonds is 1. The van der Waals surface area contributed by atoms with Gasteiger partial charge in [-0.25, -0.2) is 9.18 Å². The predicted octanol–water partition coefficient (Wildman–Crippen LogP) is 3.70. The molecule has 106 valence electrons. The Morgan fingerprint density at radius 3 is 2.47 bits per heavy atom. The van der Waals surface area contributed by atoms with Crippen molar-refractivity contribution in [3.63, 3.8) is 0 Å². The molecule has 1 aromatic carbocycles. The van der Waals surface area contributed by atoms with Crippen molar-refractivity contribution in [1.29, 1.82) is 0 Å². The number of hydrogen-bond donors (Lipinski definition) is 1. The number of alkyl carbamates (subject to hydrolysis) is 1. The van der Waals surface area contributed by atoms with Gasteiger partial charge in [0.1, 0.15) is 12.4 Å². The van der Waals surface area contributed by atoms with Crippen molar-refractivity contribution in [1.82, 2.24) is 5.32 Å². The van der Waals surface area contributed by atoms with Crippen LogP contribution < -0.4 is 5.32 Å². The zero-order valence-corrected chi connectivity index (χ0v) is 10.6. The fourth-order valence-electron chi connectivity index (χ4n) is 1.58. The van der Waals surface area contributed by atoms with E-state index in [4.69, 9.17) is 11.6 Å². The molecule has 3 nitrogen and oxygen atoms in total. The molecule has 1 amide bonds. The molecule has 1 fully saturated rings. The molecule has 1 aliphatic heterocycles. The minimum atomic E-state index is -4.64. The maximum Gasteiger partial charge on any atom is 0.416 e. The summed E-state index contributed by atoms with van der Waals surface area (Å²) in [5.74, 6) is -1.000. The van der Waals surface area contributed by atoms with Crippen molar-refractivity contribution in [2.75, 3.05) is 6.61 Å². The summed E-state index contributed by atoms with van der Waals surface area (Å²) in [6.45, 7) is -0.243. The molecule has 0 spiro atoms. The van der Waals surface area contributed by atoms with E-state index in [0.717, 1.165) is 0 Å². The number of halogens is 6. The summed E-state index contributed by atoms with van der Waals surface area (Å²) < 4.78 is 55.8. The summed E-state index contributed by atoms with van der Waals surface area (Å²) in [7, 11) is 0. The number of hydrogen-bond acceptors (Lipinski definition) is 2. The van der Waals surface area contributed by atoms with E-state index in [0.29, 0.717) is 12.1 Å². The number of benzene rings is 1. The van der Waals surface area contributed by atoms with Crippen molar-refractivity contribution >= 4 is 30.1 Å². The molecule has 0 unspecified atom stereocenters. The summed E-state index contributed by atoms with van der Waals surface area (Å²) in [6, 6.07) is 0.135. The molecule has 19 heavy (non-hydrogen) atoms. The van der Waals surface area contributed by atoms with Gasteiger partial charge < -0.3 is 10.1 Å². The molecule has 1 saturated heterocycles. The average molecular weight is 320 g/mol. The highest BCUT2D eigenvalue weighted by atomic mass is 35.5. The standard InChI is InChI=1S/C10H6ClF4NO2.ClH/c11-6-2-4(10(13,14)15)1-5(8(6)12)7-3-18-9(17)16-7;/h1-2,7H,3H2,(H,16,17);1H/t7-;/m1./s1. The van der Waals surface area contributed by atoms with Gasteiger partial charge in [0.2, 0.25) is 0 Å². The lowest BCUT2D eigenvalue weighted by Crippen LogP contribution is -2.20. The number of cyclic esters (lactones) is 1. The van der Waals surface area contributed by atoms with Crippen molar-refractivity contribution in [2.45, 2.75) is 12.2 Å². The molecule has 1 heterocycles. The molecule has 0 radical (unpaired) electrons. The lowest BCUT2D eigenvalue weighted by molar-refractivity contribution is -0.137. The van der Waals surface area contributed by atoms with Crippen LogP contribution in [0.3, 0.4) is 0 Å². The molecule has 0 aliphatic carbocycles. The van der Waals surface area contributed by atoms with Crippen LogP contribution in [0.5, 0.6) is 0 Å². The Kier molecular flexibility index (Phi) is 4.52. The molecule has 0 bridgehead atoms. The second-order valence-corrected chi connectivity index (χ2v) is 4.06. The Balaban J connectivity index is 0.00000180. The molecular formula is C10H7Cl2F4NO2. The lowest BCUT2D eigenvalue weighted by atomic mass is 10.0. The van der Waals surface area contributed by atoms with Gasteiger partial charge in [0.15, 0.2) is 0 Å². The minimum Gasteiger partial charge on any atom is -0.447 e. The first-order valence-corrected chi connectivity index (χ1v) is 5.16. The lowest BCUT2D eigenvalue weighted by Gasteiger charge is -2.14. The maximum atomic E-state index is 13.6. The molecular weight excluding hydrogens is 313 g/mol. The van der Waals surface area contributed by atoms with Gasteiger partial charge in [0, 0.05) is 5.56 Å². The first-order chi connectivity index (χ1) is 8.29. The van der Waals surface area contributed by atoms with Crippen LogP contribution in [0.2, 0.25) is 5.02 Å². The van der Waals surface area contributed by atoms with Crippen molar-refractivity contribution in [3.05, 3.63) is 34.1 Å². The number of ether oxygens (including phenoxy) is 1. The Morgan fingerprint density at radius 1 is 1.37 bits per heavy atom. The van der Waals surface area contributed by atoms with E-state index in [-0.39, 0.29) is 24.6 Å². The Bertz CT molecular complexity index is 507. The molecule has 1 atom stereocenters. The van der Waals surface area contributed by atoms with Gasteiger partial charge in [0.25, 0.3) is 0 Å². The molecule has 1 aliphatic rings. The number of nitrogens with one attached hydrogen (secondary N) is 1. The zero-order chi connectivity index (χ0) is 13.5. The Hall–Kier alpha value is -1.21. The van der Waals surface area contributed by atoms with E-state index in [1.807, 2.05) is 0 Å². The largest absolute Gasteiger partial charge is 0.447 e. The van der Waals surface area contributed by atoms with E-state index in [1.54, 1.807) is 0 Å². The highest BCUT2D eigenvalue weighted by Crippen LogP contribution is 2.35. The zero-order valence-electron chi connectivity index (χ0n) is 9.05. The van der Waals surface area contributed by atoms with Crippen LogP contribution >= 0.6 is 24.0 Å². The third-order valence-electron chi connectivity index (χ3n) is 2.43. The van der Waals surface area contributed by atoms with Gasteiger partial charge in [-0.3, -0.25) is 0 Å². The van der Waals surface area contributed by atoms with Crippen LogP contribution in [0.4, 0.5) is 22.4 Å². The van der Waals surface area contributed by atoms with Crippen LogP contribution in [0.1, 0.15) is 17.2 Å². The van der Waals surface area contributed by atoms with Crippen molar-refractivity contribution < 1.29 is 27.1 Å². The molecule has 1 N–H and O–H groups in total. The highest BCUT2D eigenvalue weighted by molar-refractivity contribution is 6.30. The summed E-state index contributed by atoms with van der Waals surface area (Å²) >= 11 is 5.41. The predicted molar refractivity (Wildman–Crippen MR) is 60.9 cm³/mol. The number of carbonyl (C=O) groups is 1. The maximum absolute atomic E-state index is 13.6. The van der Waals surface area contributed by atoms with E-state index in [9.17, 15) is 22.4 Å². The fraction of sp³-hybridized carbons (Fsp3) is 0.300. The monoisotopic (exact) mass is 319 g/mol. The third kappa shape index (κ3) is 3.22. The third-order valence-corrected chi connectivity index (χ3v) is 2.71. The average Bonchev–Trinajstić information content (AvgIpc) is 2.67. The quantitative estimate of drug-likeness (QED) is 0.801. The van der Waals surface area contributed by atoms with E-state index < -0.39 is 34.7 Å². The SMILES string of the molecule is Cl.O=C1N[C@@H](c2cc(C(F)(F)F)cc(Cl)c2F)CO1. The van der Waals surface area contributed by atoms with E-state index in [1.165, 1.54) is 0 Å². The van der Waals surface area contributed by atoms with Gasteiger partial charge in [-0.1, -0.05) is 11.6 Å². The number of carbonyl (C=O) groups excluding carboxylic acids is 1. The second kappa shape index (κ2) is 5.42. The normalized spacial score (nSPS) is 18.6. The molecule has 1 aromatic rings.